The van der Waals surface area contributed by atoms with Crippen LogP contribution in [0.5, 0.6) is 0 Å². The molecule has 2 aromatic rings. The zero-order chi connectivity index (χ0) is 13.9. The molecule has 19 heavy (non-hydrogen) atoms. The summed E-state index contributed by atoms with van der Waals surface area (Å²) in [6, 6.07) is 6.40. The first kappa shape index (κ1) is 13.7. The minimum absolute atomic E-state index is 0.130. The molecule has 1 aromatic heterocycles. The van der Waals surface area contributed by atoms with Crippen molar-refractivity contribution in [1.82, 2.24) is 10.3 Å². The fourth-order valence-electron chi connectivity index (χ4n) is 2.11. The van der Waals surface area contributed by atoms with Gasteiger partial charge in [-0.2, -0.15) is 0 Å². The number of halogens is 1. The highest BCUT2D eigenvalue weighted by molar-refractivity contribution is 7.09. The van der Waals surface area contributed by atoms with Gasteiger partial charge < -0.3 is 5.32 Å². The van der Waals surface area contributed by atoms with E-state index in [9.17, 15) is 9.18 Å². The van der Waals surface area contributed by atoms with E-state index in [0.717, 1.165) is 10.6 Å². The molecule has 1 amide bonds. The van der Waals surface area contributed by atoms with Crippen molar-refractivity contribution in [2.75, 3.05) is 0 Å². The Morgan fingerprint density at radius 2 is 2.32 bits per heavy atom. The van der Waals surface area contributed by atoms with Gasteiger partial charge in [0, 0.05) is 24.9 Å². The first-order valence-electron chi connectivity index (χ1n) is 5.93. The van der Waals surface area contributed by atoms with Gasteiger partial charge in [0.05, 0.1) is 5.54 Å². The predicted molar refractivity (Wildman–Crippen MR) is 73.4 cm³/mol. The zero-order valence-electron chi connectivity index (χ0n) is 10.8. The maximum atomic E-state index is 13.2. The molecule has 2 rings (SSSR count). The average molecular weight is 278 g/mol. The minimum Gasteiger partial charge on any atom is -0.344 e. The molecule has 0 aliphatic heterocycles. The molecule has 1 heterocycles. The van der Waals surface area contributed by atoms with Gasteiger partial charge in [-0.05, 0) is 24.6 Å². The maximum absolute atomic E-state index is 13.2. The summed E-state index contributed by atoms with van der Waals surface area (Å²) in [7, 11) is 0. The Morgan fingerprint density at radius 3 is 2.89 bits per heavy atom. The second kappa shape index (κ2) is 5.48. The van der Waals surface area contributed by atoms with Gasteiger partial charge in [0.1, 0.15) is 10.8 Å². The van der Waals surface area contributed by atoms with Gasteiger partial charge in [0.2, 0.25) is 5.91 Å². The van der Waals surface area contributed by atoms with Gasteiger partial charge in [0.25, 0.3) is 0 Å². The fraction of sp³-hybridized carbons (Fsp3) is 0.286. The molecular weight excluding hydrogens is 263 g/mol. The van der Waals surface area contributed by atoms with E-state index < -0.39 is 5.54 Å². The molecule has 0 spiro atoms. The molecule has 1 N–H and O–H groups in total. The Labute approximate surface area is 115 Å². The molecule has 5 heteroatoms. The molecule has 0 unspecified atom stereocenters. The van der Waals surface area contributed by atoms with E-state index in [2.05, 4.69) is 10.3 Å². The lowest BCUT2D eigenvalue weighted by Gasteiger charge is -2.28. The molecule has 0 radical (unpaired) electrons. The SMILES string of the molecule is CC(=O)N[C@@](C)(Cc1cccc(F)c1)c1nccs1. The average Bonchev–Trinajstić information content (AvgIpc) is 2.81. The van der Waals surface area contributed by atoms with Gasteiger partial charge in [-0.1, -0.05) is 12.1 Å². The van der Waals surface area contributed by atoms with Gasteiger partial charge in [0.15, 0.2) is 0 Å². The Kier molecular flexibility index (Phi) is 3.95. The van der Waals surface area contributed by atoms with Gasteiger partial charge in [-0.25, -0.2) is 9.37 Å². The largest absolute Gasteiger partial charge is 0.344 e. The van der Waals surface area contributed by atoms with E-state index in [1.165, 1.54) is 30.4 Å². The smallest absolute Gasteiger partial charge is 0.217 e. The number of aromatic nitrogens is 1. The lowest BCUT2D eigenvalue weighted by atomic mass is 9.93. The van der Waals surface area contributed by atoms with Crippen molar-refractivity contribution < 1.29 is 9.18 Å². The summed E-state index contributed by atoms with van der Waals surface area (Å²) >= 11 is 1.48. The number of nitrogens with zero attached hydrogens (tertiary/aromatic N) is 1. The van der Waals surface area contributed by atoms with Crippen molar-refractivity contribution in [3.8, 4) is 0 Å². The third kappa shape index (κ3) is 3.38. The van der Waals surface area contributed by atoms with Crippen LogP contribution < -0.4 is 5.32 Å². The summed E-state index contributed by atoms with van der Waals surface area (Å²) in [6.07, 6.45) is 2.20. The Hall–Kier alpha value is -1.75. The highest BCUT2D eigenvalue weighted by Crippen LogP contribution is 2.27. The topological polar surface area (TPSA) is 42.0 Å². The molecule has 0 aliphatic carbocycles. The highest BCUT2D eigenvalue weighted by atomic mass is 32.1. The summed E-state index contributed by atoms with van der Waals surface area (Å²) < 4.78 is 13.2. The summed E-state index contributed by atoms with van der Waals surface area (Å²) in [6.45, 7) is 3.37. The lowest BCUT2D eigenvalue weighted by molar-refractivity contribution is -0.120. The van der Waals surface area contributed by atoms with Crippen molar-refractivity contribution in [2.24, 2.45) is 0 Å². The van der Waals surface area contributed by atoms with Crippen molar-refractivity contribution in [3.63, 3.8) is 0 Å². The van der Waals surface area contributed by atoms with Crippen molar-refractivity contribution >= 4 is 17.2 Å². The zero-order valence-corrected chi connectivity index (χ0v) is 11.6. The van der Waals surface area contributed by atoms with Crippen LogP contribution in [0.15, 0.2) is 35.8 Å². The number of carbonyl (C=O) groups is 1. The number of benzene rings is 1. The molecule has 0 aliphatic rings. The maximum Gasteiger partial charge on any atom is 0.217 e. The van der Waals surface area contributed by atoms with Crippen LogP contribution >= 0.6 is 11.3 Å². The molecular formula is C14H15FN2OS. The van der Waals surface area contributed by atoms with E-state index in [1.807, 2.05) is 18.4 Å². The standard InChI is InChI=1S/C14H15FN2OS/c1-10(18)17-14(2,13-16-6-7-19-13)9-11-4-3-5-12(15)8-11/h3-8H,9H2,1-2H3,(H,17,18)/t14-/m0/s1. The van der Waals surface area contributed by atoms with Crippen LogP contribution in [0.25, 0.3) is 0 Å². The van der Waals surface area contributed by atoms with Crippen molar-refractivity contribution in [1.29, 1.82) is 0 Å². The first-order valence-corrected chi connectivity index (χ1v) is 6.81. The number of carbonyl (C=O) groups excluding carboxylic acids is 1. The minimum atomic E-state index is -0.617. The molecule has 1 aromatic carbocycles. The van der Waals surface area contributed by atoms with Gasteiger partial charge >= 0.3 is 0 Å². The van der Waals surface area contributed by atoms with E-state index in [-0.39, 0.29) is 11.7 Å². The third-order valence-electron chi connectivity index (χ3n) is 2.80. The molecule has 1 atom stereocenters. The normalized spacial score (nSPS) is 13.8. The Morgan fingerprint density at radius 1 is 1.53 bits per heavy atom. The number of hydrogen-bond acceptors (Lipinski definition) is 3. The van der Waals surface area contributed by atoms with E-state index in [4.69, 9.17) is 0 Å². The Balaban J connectivity index is 2.31. The summed E-state index contributed by atoms with van der Waals surface area (Å²) in [4.78, 5) is 15.7. The van der Waals surface area contributed by atoms with Crippen molar-refractivity contribution in [2.45, 2.75) is 25.8 Å². The second-order valence-electron chi connectivity index (χ2n) is 4.66. The number of hydrogen-bond donors (Lipinski definition) is 1. The molecule has 0 fully saturated rings. The number of nitrogens with one attached hydrogen (secondary N) is 1. The number of thiazole rings is 1. The Bertz CT molecular complexity index is 571. The van der Waals surface area contributed by atoms with E-state index >= 15 is 0 Å². The fourth-order valence-corrected chi connectivity index (χ4v) is 2.87. The lowest BCUT2D eigenvalue weighted by Crippen LogP contribution is -2.44. The summed E-state index contributed by atoms with van der Waals surface area (Å²) in [5.74, 6) is -0.407. The predicted octanol–water partition coefficient (Wildman–Crippen LogP) is 2.88. The van der Waals surface area contributed by atoms with Crippen LogP contribution in [0, 0.1) is 5.82 Å². The van der Waals surface area contributed by atoms with Crippen LogP contribution in [0.1, 0.15) is 24.4 Å². The van der Waals surface area contributed by atoms with Gasteiger partial charge in [-0.3, -0.25) is 4.79 Å². The summed E-state index contributed by atoms with van der Waals surface area (Å²) in [5, 5.41) is 5.59. The van der Waals surface area contributed by atoms with Gasteiger partial charge in [-0.15, -0.1) is 11.3 Å². The molecule has 0 saturated carbocycles. The molecule has 0 bridgehead atoms. The monoisotopic (exact) mass is 278 g/mol. The van der Waals surface area contributed by atoms with E-state index in [0.29, 0.717) is 6.42 Å². The van der Waals surface area contributed by atoms with Crippen LogP contribution in [0.2, 0.25) is 0 Å². The van der Waals surface area contributed by atoms with Crippen LogP contribution in [-0.4, -0.2) is 10.9 Å². The second-order valence-corrected chi connectivity index (χ2v) is 5.55. The van der Waals surface area contributed by atoms with Crippen LogP contribution in [-0.2, 0) is 16.8 Å². The van der Waals surface area contributed by atoms with Crippen molar-refractivity contribution in [3.05, 3.63) is 52.2 Å². The van der Waals surface area contributed by atoms with E-state index in [1.54, 1.807) is 12.3 Å². The van der Waals surface area contributed by atoms with Crippen LogP contribution in [0.4, 0.5) is 4.39 Å². The number of amides is 1. The molecule has 3 nitrogen and oxygen atoms in total. The first-order chi connectivity index (χ1) is 8.99. The molecule has 0 saturated heterocycles. The summed E-state index contributed by atoms with van der Waals surface area (Å²) in [5.41, 5.74) is 0.208. The molecule has 100 valence electrons. The third-order valence-corrected chi connectivity index (χ3v) is 3.84. The quantitative estimate of drug-likeness (QED) is 0.934. The van der Waals surface area contributed by atoms with Crippen LogP contribution in [0.3, 0.4) is 0 Å². The number of rotatable bonds is 4. The highest BCUT2D eigenvalue weighted by Gasteiger charge is 2.30.